The zero-order chi connectivity index (χ0) is 17.5. The molecule has 140 valence electrons. The molecule has 0 fully saturated rings. The van der Waals surface area contributed by atoms with Gasteiger partial charge in [0.2, 0.25) is 0 Å². The molecule has 0 bridgehead atoms. The fourth-order valence-corrected chi connectivity index (χ4v) is 4.21. The summed E-state index contributed by atoms with van der Waals surface area (Å²) >= 11 is 0. The van der Waals surface area contributed by atoms with Crippen LogP contribution in [0.3, 0.4) is 0 Å². The van der Waals surface area contributed by atoms with Crippen molar-refractivity contribution in [2.24, 2.45) is 23.7 Å². The van der Waals surface area contributed by atoms with Crippen molar-refractivity contribution >= 4 is 0 Å². The van der Waals surface area contributed by atoms with Gasteiger partial charge in [0.05, 0.1) is 0 Å². The highest BCUT2D eigenvalue weighted by molar-refractivity contribution is 4.74. The van der Waals surface area contributed by atoms with Crippen LogP contribution in [-0.4, -0.2) is 0 Å². The van der Waals surface area contributed by atoms with Gasteiger partial charge in [0.25, 0.3) is 0 Å². The van der Waals surface area contributed by atoms with E-state index in [4.69, 9.17) is 0 Å². The van der Waals surface area contributed by atoms with Crippen molar-refractivity contribution in [1.29, 1.82) is 0 Å². The lowest BCUT2D eigenvalue weighted by molar-refractivity contribution is 0.208. The number of rotatable bonds is 16. The molecule has 0 radical (unpaired) electrons. The van der Waals surface area contributed by atoms with Crippen molar-refractivity contribution in [2.45, 2.75) is 125 Å². The van der Waals surface area contributed by atoms with E-state index in [1.165, 1.54) is 83.5 Å². The molecule has 0 aliphatic rings. The zero-order valence-electron chi connectivity index (χ0n) is 17.5. The van der Waals surface area contributed by atoms with E-state index >= 15 is 0 Å². The molecule has 0 rings (SSSR count). The Morgan fingerprint density at radius 1 is 0.565 bits per heavy atom. The van der Waals surface area contributed by atoms with E-state index < -0.39 is 0 Å². The molecular weight excluding hydrogens is 276 g/mol. The molecule has 4 unspecified atom stereocenters. The highest BCUT2D eigenvalue weighted by Gasteiger charge is 2.23. The molecule has 23 heavy (non-hydrogen) atoms. The Bertz CT molecular complexity index is 232. The number of hydrogen-bond donors (Lipinski definition) is 0. The maximum absolute atomic E-state index is 2.57. The predicted octanol–water partition coefficient (Wildman–Crippen LogP) is 8.64. The van der Waals surface area contributed by atoms with Crippen LogP contribution in [0.5, 0.6) is 0 Å². The Morgan fingerprint density at radius 2 is 1.00 bits per heavy atom. The molecule has 0 aromatic carbocycles. The molecule has 0 saturated carbocycles. The van der Waals surface area contributed by atoms with Crippen LogP contribution in [0.15, 0.2) is 0 Å². The van der Waals surface area contributed by atoms with Crippen LogP contribution in [0.2, 0.25) is 0 Å². The maximum atomic E-state index is 2.57. The van der Waals surface area contributed by atoms with Gasteiger partial charge in [-0.3, -0.25) is 0 Å². The highest BCUT2D eigenvalue weighted by Crippen LogP contribution is 2.34. The quantitative estimate of drug-likeness (QED) is 0.266. The minimum atomic E-state index is 0.930. The van der Waals surface area contributed by atoms with E-state index in [1.807, 2.05) is 0 Å². The Labute approximate surface area is 149 Å². The first kappa shape index (κ1) is 23.0. The van der Waals surface area contributed by atoms with Crippen molar-refractivity contribution in [3.63, 3.8) is 0 Å². The normalized spacial score (nSPS) is 17.0. The molecule has 0 saturated heterocycles. The van der Waals surface area contributed by atoms with Crippen molar-refractivity contribution in [1.82, 2.24) is 0 Å². The monoisotopic (exact) mass is 324 g/mol. The van der Waals surface area contributed by atoms with Crippen molar-refractivity contribution in [3.8, 4) is 0 Å². The minimum Gasteiger partial charge on any atom is -0.0654 e. The summed E-state index contributed by atoms with van der Waals surface area (Å²) in [5.74, 6) is 3.87. The Morgan fingerprint density at radius 3 is 1.43 bits per heavy atom. The molecule has 0 amide bonds. The largest absolute Gasteiger partial charge is 0.0654 e. The first-order valence-electron chi connectivity index (χ1n) is 11.1. The standard InChI is InChI=1S/C23H48/c1-7-12-15-21(10-4)18-20(6)23(17-14-9-3)19-22(11-5)16-13-8-2/h20-23H,7-19H2,1-6H3. The second-order valence-electron chi connectivity index (χ2n) is 8.18. The summed E-state index contributed by atoms with van der Waals surface area (Å²) in [6.07, 6.45) is 18.6. The fourth-order valence-electron chi connectivity index (χ4n) is 4.21. The summed E-state index contributed by atoms with van der Waals surface area (Å²) in [7, 11) is 0. The van der Waals surface area contributed by atoms with Gasteiger partial charge in [0, 0.05) is 0 Å². The molecule has 0 N–H and O–H groups in total. The fraction of sp³-hybridized carbons (Fsp3) is 1.00. The second-order valence-corrected chi connectivity index (χ2v) is 8.18. The predicted molar refractivity (Wildman–Crippen MR) is 108 cm³/mol. The van der Waals surface area contributed by atoms with Crippen molar-refractivity contribution < 1.29 is 0 Å². The van der Waals surface area contributed by atoms with Gasteiger partial charge in [-0.05, 0) is 36.5 Å². The molecule has 0 spiro atoms. The van der Waals surface area contributed by atoms with Crippen LogP contribution >= 0.6 is 0 Å². The molecule has 0 aromatic heterocycles. The Kier molecular flexibility index (Phi) is 15.5. The molecule has 4 atom stereocenters. The SMILES string of the molecule is CCCCC(CC)CC(C)C(CCCC)CC(CC)CCCC. The summed E-state index contributed by atoms with van der Waals surface area (Å²) in [6, 6.07) is 0. The molecule has 0 heterocycles. The van der Waals surface area contributed by atoms with E-state index in [9.17, 15) is 0 Å². The van der Waals surface area contributed by atoms with Gasteiger partial charge < -0.3 is 0 Å². The summed E-state index contributed by atoms with van der Waals surface area (Å²) in [5, 5.41) is 0. The van der Waals surface area contributed by atoms with Crippen LogP contribution in [0.4, 0.5) is 0 Å². The van der Waals surface area contributed by atoms with Crippen LogP contribution in [-0.2, 0) is 0 Å². The summed E-state index contributed by atoms with van der Waals surface area (Å²) < 4.78 is 0. The molecule has 0 aromatic rings. The Balaban J connectivity index is 4.57. The molecule has 0 aliphatic heterocycles. The minimum absolute atomic E-state index is 0.930. The van der Waals surface area contributed by atoms with Gasteiger partial charge in [-0.25, -0.2) is 0 Å². The number of hydrogen-bond acceptors (Lipinski definition) is 0. The summed E-state index contributed by atoms with van der Waals surface area (Å²) in [4.78, 5) is 0. The van der Waals surface area contributed by atoms with E-state index in [2.05, 4.69) is 41.5 Å². The average molecular weight is 325 g/mol. The van der Waals surface area contributed by atoms with Crippen LogP contribution in [0.1, 0.15) is 125 Å². The Hall–Kier alpha value is 0. The third kappa shape index (κ3) is 11.2. The first-order valence-corrected chi connectivity index (χ1v) is 11.1. The average Bonchev–Trinajstić information content (AvgIpc) is 2.57. The van der Waals surface area contributed by atoms with Crippen LogP contribution in [0, 0.1) is 23.7 Å². The van der Waals surface area contributed by atoms with Gasteiger partial charge in [-0.1, -0.05) is 112 Å². The maximum Gasteiger partial charge on any atom is -0.0386 e. The molecule has 0 aliphatic carbocycles. The zero-order valence-corrected chi connectivity index (χ0v) is 17.5. The van der Waals surface area contributed by atoms with Crippen LogP contribution in [0.25, 0.3) is 0 Å². The van der Waals surface area contributed by atoms with Gasteiger partial charge in [-0.2, -0.15) is 0 Å². The van der Waals surface area contributed by atoms with Gasteiger partial charge in [-0.15, -0.1) is 0 Å². The summed E-state index contributed by atoms with van der Waals surface area (Å²) in [5.41, 5.74) is 0. The molecule has 0 nitrogen and oxygen atoms in total. The molecular formula is C23H48. The third-order valence-electron chi connectivity index (χ3n) is 6.16. The number of unbranched alkanes of at least 4 members (excludes halogenated alkanes) is 3. The van der Waals surface area contributed by atoms with E-state index in [-0.39, 0.29) is 0 Å². The van der Waals surface area contributed by atoms with E-state index in [0.717, 1.165) is 23.7 Å². The van der Waals surface area contributed by atoms with Crippen molar-refractivity contribution in [3.05, 3.63) is 0 Å². The van der Waals surface area contributed by atoms with E-state index in [1.54, 1.807) is 0 Å². The first-order chi connectivity index (χ1) is 11.1. The lowest BCUT2D eigenvalue weighted by atomic mass is 9.75. The van der Waals surface area contributed by atoms with Crippen molar-refractivity contribution in [2.75, 3.05) is 0 Å². The lowest BCUT2D eigenvalue weighted by Gasteiger charge is -2.30. The van der Waals surface area contributed by atoms with Gasteiger partial charge >= 0.3 is 0 Å². The smallest absolute Gasteiger partial charge is 0.0386 e. The second kappa shape index (κ2) is 15.5. The van der Waals surface area contributed by atoms with Gasteiger partial charge in [0.15, 0.2) is 0 Å². The lowest BCUT2D eigenvalue weighted by Crippen LogP contribution is -2.19. The van der Waals surface area contributed by atoms with Crippen LogP contribution < -0.4 is 0 Å². The van der Waals surface area contributed by atoms with Gasteiger partial charge in [0.1, 0.15) is 0 Å². The molecule has 0 heteroatoms. The van der Waals surface area contributed by atoms with E-state index in [0.29, 0.717) is 0 Å². The highest BCUT2D eigenvalue weighted by atomic mass is 14.3. The third-order valence-corrected chi connectivity index (χ3v) is 6.16. The summed E-state index contributed by atoms with van der Waals surface area (Å²) in [6.45, 7) is 14.4. The topological polar surface area (TPSA) is 0 Å².